The Kier molecular flexibility index (Phi) is 4.18. The van der Waals surface area contributed by atoms with Crippen molar-refractivity contribution >= 4 is 5.91 Å². The van der Waals surface area contributed by atoms with Gasteiger partial charge in [-0.05, 0) is 43.4 Å². The first-order valence-electron chi connectivity index (χ1n) is 8.20. The second-order valence-corrected chi connectivity index (χ2v) is 6.37. The molecule has 1 aromatic rings. The molecule has 2 aliphatic rings. The number of methoxy groups -OCH3 is 1. The van der Waals surface area contributed by atoms with Gasteiger partial charge in [0.2, 0.25) is 5.91 Å². The maximum Gasteiger partial charge on any atom is 0.233 e. The summed E-state index contributed by atoms with van der Waals surface area (Å²) in [5, 5.41) is 0. The van der Waals surface area contributed by atoms with E-state index in [1.807, 2.05) is 12.1 Å². The van der Waals surface area contributed by atoms with Crippen LogP contribution in [0.2, 0.25) is 0 Å². The van der Waals surface area contributed by atoms with E-state index < -0.39 is 0 Å². The lowest BCUT2D eigenvalue weighted by Gasteiger charge is -2.39. The number of nitrogens with zero attached hydrogens (tertiary/aromatic N) is 1. The minimum absolute atomic E-state index is 0.283. The highest BCUT2D eigenvalue weighted by Crippen LogP contribution is 2.42. The number of carbonyl (C=O) groups excluding carboxylic acids is 1. The normalized spacial score (nSPS) is 21.3. The van der Waals surface area contributed by atoms with Gasteiger partial charge in [0.05, 0.1) is 12.5 Å². The molecule has 3 heteroatoms. The molecule has 0 aromatic heterocycles. The molecule has 1 aromatic carbocycles. The molecule has 2 fully saturated rings. The van der Waals surface area contributed by atoms with Gasteiger partial charge in [0.1, 0.15) is 5.75 Å². The van der Waals surface area contributed by atoms with Crippen molar-refractivity contribution in [2.24, 2.45) is 0 Å². The molecule has 0 bridgehead atoms. The van der Waals surface area contributed by atoms with Crippen LogP contribution in [-0.2, 0) is 10.2 Å². The van der Waals surface area contributed by atoms with E-state index in [-0.39, 0.29) is 5.41 Å². The minimum atomic E-state index is -0.283. The van der Waals surface area contributed by atoms with Gasteiger partial charge in [0.25, 0.3) is 0 Å². The Bertz CT molecular complexity index is 482. The molecule has 1 aliphatic heterocycles. The van der Waals surface area contributed by atoms with Crippen LogP contribution in [0.5, 0.6) is 5.75 Å². The van der Waals surface area contributed by atoms with Crippen molar-refractivity contribution in [2.75, 3.05) is 20.2 Å². The summed E-state index contributed by atoms with van der Waals surface area (Å²) in [6.45, 7) is 1.88. The second kappa shape index (κ2) is 6.08. The average Bonchev–Trinajstić information content (AvgIpc) is 3.09. The fraction of sp³-hybridized carbons (Fsp3) is 0.611. The van der Waals surface area contributed by atoms with E-state index in [1.54, 1.807) is 7.11 Å². The molecule has 0 atom stereocenters. The second-order valence-electron chi connectivity index (χ2n) is 6.37. The molecule has 0 spiro atoms. The Labute approximate surface area is 127 Å². The zero-order chi connectivity index (χ0) is 14.7. The maximum absolute atomic E-state index is 13.2. The van der Waals surface area contributed by atoms with E-state index in [9.17, 15) is 4.79 Å². The standard InChI is InChI=1S/C18H25NO2/c1-21-16-9-7-15(8-10-16)18(11-3-2-4-12-18)17(20)19-13-5-6-14-19/h7-10H,2-6,11-14H2,1H3. The van der Waals surface area contributed by atoms with Crippen LogP contribution in [0.3, 0.4) is 0 Å². The zero-order valence-corrected chi connectivity index (χ0v) is 12.9. The summed E-state index contributed by atoms with van der Waals surface area (Å²) in [6, 6.07) is 8.17. The van der Waals surface area contributed by atoms with E-state index in [4.69, 9.17) is 4.74 Å². The van der Waals surface area contributed by atoms with Gasteiger partial charge in [-0.25, -0.2) is 0 Å². The Hall–Kier alpha value is -1.51. The van der Waals surface area contributed by atoms with Crippen LogP contribution in [0.25, 0.3) is 0 Å². The predicted molar refractivity (Wildman–Crippen MR) is 83.6 cm³/mol. The van der Waals surface area contributed by atoms with Gasteiger partial charge in [-0.3, -0.25) is 4.79 Å². The number of hydrogen-bond acceptors (Lipinski definition) is 2. The van der Waals surface area contributed by atoms with Crippen molar-refractivity contribution in [3.8, 4) is 5.75 Å². The number of benzene rings is 1. The van der Waals surface area contributed by atoms with E-state index >= 15 is 0 Å². The molecule has 1 amide bonds. The Morgan fingerprint density at radius 1 is 1.00 bits per heavy atom. The van der Waals surface area contributed by atoms with Crippen LogP contribution in [0, 0.1) is 0 Å². The number of amides is 1. The van der Waals surface area contributed by atoms with Gasteiger partial charge in [0.15, 0.2) is 0 Å². The summed E-state index contributed by atoms with van der Waals surface area (Å²) in [4.78, 5) is 15.3. The number of hydrogen-bond donors (Lipinski definition) is 0. The van der Waals surface area contributed by atoms with E-state index in [1.165, 1.54) is 12.0 Å². The summed E-state index contributed by atoms with van der Waals surface area (Å²) in [6.07, 6.45) is 7.88. The minimum Gasteiger partial charge on any atom is -0.497 e. The van der Waals surface area contributed by atoms with Crippen molar-refractivity contribution in [3.05, 3.63) is 29.8 Å². The Morgan fingerprint density at radius 3 is 2.19 bits per heavy atom. The third kappa shape index (κ3) is 2.66. The lowest BCUT2D eigenvalue weighted by Crippen LogP contribution is -2.47. The molecule has 1 saturated heterocycles. The quantitative estimate of drug-likeness (QED) is 0.851. The third-order valence-corrected chi connectivity index (χ3v) is 5.15. The van der Waals surface area contributed by atoms with E-state index in [0.717, 1.165) is 57.4 Å². The summed E-state index contributed by atoms with van der Waals surface area (Å²) >= 11 is 0. The van der Waals surface area contributed by atoms with Gasteiger partial charge in [-0.15, -0.1) is 0 Å². The molecule has 1 aliphatic carbocycles. The number of rotatable bonds is 3. The van der Waals surface area contributed by atoms with Gasteiger partial charge in [-0.1, -0.05) is 31.4 Å². The van der Waals surface area contributed by atoms with Crippen molar-refractivity contribution in [3.63, 3.8) is 0 Å². The predicted octanol–water partition coefficient (Wildman–Crippen LogP) is 3.52. The molecular formula is C18H25NO2. The van der Waals surface area contributed by atoms with Crippen LogP contribution < -0.4 is 4.74 Å². The fourth-order valence-electron chi connectivity index (χ4n) is 3.91. The summed E-state index contributed by atoms with van der Waals surface area (Å²) in [7, 11) is 1.68. The van der Waals surface area contributed by atoms with Crippen molar-refractivity contribution in [1.29, 1.82) is 0 Å². The average molecular weight is 287 g/mol. The van der Waals surface area contributed by atoms with Crippen LogP contribution in [0.15, 0.2) is 24.3 Å². The third-order valence-electron chi connectivity index (χ3n) is 5.15. The maximum atomic E-state index is 13.2. The molecule has 0 radical (unpaired) electrons. The molecular weight excluding hydrogens is 262 g/mol. The SMILES string of the molecule is COc1ccc(C2(C(=O)N3CCCC3)CCCCC2)cc1. The van der Waals surface area contributed by atoms with Crippen LogP contribution in [-0.4, -0.2) is 31.0 Å². The fourth-order valence-corrected chi connectivity index (χ4v) is 3.91. The molecule has 21 heavy (non-hydrogen) atoms. The lowest BCUT2D eigenvalue weighted by molar-refractivity contribution is -0.137. The smallest absolute Gasteiger partial charge is 0.233 e. The van der Waals surface area contributed by atoms with E-state index in [0.29, 0.717) is 5.91 Å². The van der Waals surface area contributed by atoms with Crippen molar-refractivity contribution < 1.29 is 9.53 Å². The van der Waals surface area contributed by atoms with Gasteiger partial charge < -0.3 is 9.64 Å². The first-order valence-corrected chi connectivity index (χ1v) is 8.20. The molecule has 1 heterocycles. The highest BCUT2D eigenvalue weighted by molar-refractivity contribution is 5.88. The van der Waals surface area contributed by atoms with E-state index in [2.05, 4.69) is 17.0 Å². The Balaban J connectivity index is 1.93. The highest BCUT2D eigenvalue weighted by Gasteiger charge is 2.43. The number of ether oxygens (including phenoxy) is 1. The molecule has 114 valence electrons. The van der Waals surface area contributed by atoms with Crippen LogP contribution in [0.4, 0.5) is 0 Å². The van der Waals surface area contributed by atoms with Crippen LogP contribution >= 0.6 is 0 Å². The Morgan fingerprint density at radius 2 is 1.62 bits per heavy atom. The first kappa shape index (κ1) is 14.4. The molecule has 1 saturated carbocycles. The zero-order valence-electron chi connectivity index (χ0n) is 12.9. The summed E-state index contributed by atoms with van der Waals surface area (Å²) in [5.74, 6) is 1.23. The number of carbonyl (C=O) groups is 1. The summed E-state index contributed by atoms with van der Waals surface area (Å²) < 4.78 is 5.25. The molecule has 3 nitrogen and oxygen atoms in total. The van der Waals surface area contributed by atoms with Gasteiger partial charge in [0, 0.05) is 13.1 Å². The van der Waals surface area contributed by atoms with Crippen LogP contribution in [0.1, 0.15) is 50.5 Å². The van der Waals surface area contributed by atoms with Crippen molar-refractivity contribution in [1.82, 2.24) is 4.90 Å². The lowest BCUT2D eigenvalue weighted by atomic mass is 9.68. The first-order chi connectivity index (χ1) is 10.3. The molecule has 0 unspecified atom stereocenters. The molecule has 0 N–H and O–H groups in total. The van der Waals surface area contributed by atoms with Gasteiger partial charge >= 0.3 is 0 Å². The van der Waals surface area contributed by atoms with Gasteiger partial charge in [-0.2, -0.15) is 0 Å². The highest BCUT2D eigenvalue weighted by atomic mass is 16.5. The topological polar surface area (TPSA) is 29.5 Å². The summed E-state index contributed by atoms with van der Waals surface area (Å²) in [5.41, 5.74) is 0.898. The monoisotopic (exact) mass is 287 g/mol. The number of likely N-dealkylation sites (tertiary alicyclic amines) is 1. The molecule has 3 rings (SSSR count). The largest absolute Gasteiger partial charge is 0.497 e. The van der Waals surface area contributed by atoms with Crippen molar-refractivity contribution in [2.45, 2.75) is 50.4 Å².